The molecule has 1 atom stereocenters. The highest BCUT2D eigenvalue weighted by molar-refractivity contribution is 9.10. The second-order valence-electron chi connectivity index (χ2n) is 11.7. The molecule has 0 spiro atoms. The molecule has 0 aromatic heterocycles. The van der Waals surface area contributed by atoms with Crippen LogP contribution in [0.5, 0.6) is 0 Å². The fraction of sp³-hybridized carbons (Fsp3) is 0.412. The van der Waals surface area contributed by atoms with E-state index in [9.17, 15) is 18.0 Å². The Hall–Kier alpha value is -3.17. The number of anilines is 1. The average Bonchev–Trinajstić information content (AvgIpc) is 2.99. The summed E-state index contributed by atoms with van der Waals surface area (Å²) in [6.07, 6.45) is 6.53. The smallest absolute Gasteiger partial charge is 0.244 e. The largest absolute Gasteiger partial charge is 0.352 e. The van der Waals surface area contributed by atoms with Crippen LogP contribution in [0, 0.1) is 0 Å². The highest BCUT2D eigenvalue weighted by Gasteiger charge is 2.34. The van der Waals surface area contributed by atoms with E-state index in [1.807, 2.05) is 66.7 Å². The highest BCUT2D eigenvalue weighted by atomic mass is 79.9. The molecule has 7 nitrogen and oxygen atoms in total. The van der Waals surface area contributed by atoms with Crippen molar-refractivity contribution in [2.24, 2.45) is 0 Å². The second kappa shape index (κ2) is 15.0. The quantitative estimate of drug-likeness (QED) is 0.241. The van der Waals surface area contributed by atoms with E-state index in [1.54, 1.807) is 17.0 Å². The molecule has 2 amide bonds. The van der Waals surface area contributed by atoms with E-state index in [1.165, 1.54) is 0 Å². The summed E-state index contributed by atoms with van der Waals surface area (Å²) < 4.78 is 28.1. The summed E-state index contributed by atoms with van der Waals surface area (Å²) in [5.74, 6) is -0.375. The van der Waals surface area contributed by atoms with Crippen molar-refractivity contribution in [2.75, 3.05) is 17.1 Å². The van der Waals surface area contributed by atoms with Crippen LogP contribution in [0.1, 0.15) is 68.6 Å². The van der Waals surface area contributed by atoms with Crippen molar-refractivity contribution < 1.29 is 18.0 Å². The molecule has 1 saturated carbocycles. The number of hydrogen-bond donors (Lipinski definition) is 1. The van der Waals surface area contributed by atoms with Gasteiger partial charge in [-0.2, -0.15) is 0 Å². The first-order valence-electron chi connectivity index (χ1n) is 15.0. The van der Waals surface area contributed by atoms with Crippen LogP contribution in [0.2, 0.25) is 0 Å². The summed E-state index contributed by atoms with van der Waals surface area (Å²) in [6, 6.07) is 23.7. The van der Waals surface area contributed by atoms with Gasteiger partial charge in [0, 0.05) is 23.5 Å². The molecule has 0 aliphatic heterocycles. The molecule has 230 valence electrons. The third-order valence-electron chi connectivity index (χ3n) is 8.02. The van der Waals surface area contributed by atoms with E-state index in [2.05, 4.69) is 35.1 Å². The lowest BCUT2D eigenvalue weighted by Crippen LogP contribution is -2.55. The minimum absolute atomic E-state index is 0.0659. The summed E-state index contributed by atoms with van der Waals surface area (Å²) in [6.45, 7) is 3.88. The molecule has 1 N–H and O–H groups in total. The monoisotopic (exact) mass is 667 g/mol. The van der Waals surface area contributed by atoms with E-state index in [0.29, 0.717) is 12.1 Å². The predicted octanol–water partition coefficient (Wildman–Crippen LogP) is 6.43. The molecule has 0 bridgehead atoms. The van der Waals surface area contributed by atoms with Crippen LogP contribution < -0.4 is 9.62 Å². The van der Waals surface area contributed by atoms with E-state index in [-0.39, 0.29) is 24.4 Å². The maximum absolute atomic E-state index is 14.3. The Balaban J connectivity index is 1.71. The molecule has 1 aliphatic rings. The molecule has 4 rings (SSSR count). The minimum Gasteiger partial charge on any atom is -0.352 e. The molecule has 0 saturated heterocycles. The lowest BCUT2D eigenvalue weighted by Gasteiger charge is -2.35. The fourth-order valence-electron chi connectivity index (χ4n) is 5.52. The van der Waals surface area contributed by atoms with Gasteiger partial charge in [-0.3, -0.25) is 13.9 Å². The van der Waals surface area contributed by atoms with E-state index < -0.39 is 28.5 Å². The van der Waals surface area contributed by atoms with Gasteiger partial charge in [0.15, 0.2) is 0 Å². The molecule has 1 fully saturated rings. The summed E-state index contributed by atoms with van der Waals surface area (Å²) >= 11 is 3.47. The first kappa shape index (κ1) is 32.7. The van der Waals surface area contributed by atoms with Gasteiger partial charge in [0.05, 0.1) is 11.9 Å². The molecule has 3 aromatic rings. The SMILES string of the molecule is CC(C)c1ccc(N(CC(=O)N(Cc2ccc(Br)cc2)C(Cc2ccccc2)C(=O)NC2CCCCC2)S(C)(=O)=O)cc1. The van der Waals surface area contributed by atoms with Crippen molar-refractivity contribution in [3.63, 3.8) is 0 Å². The Labute approximate surface area is 264 Å². The number of carbonyl (C=O) groups is 2. The van der Waals surface area contributed by atoms with Crippen molar-refractivity contribution in [1.29, 1.82) is 0 Å². The van der Waals surface area contributed by atoms with Crippen LogP contribution in [0.4, 0.5) is 5.69 Å². The zero-order chi connectivity index (χ0) is 31.0. The van der Waals surface area contributed by atoms with E-state index in [0.717, 1.165) is 63.8 Å². The van der Waals surface area contributed by atoms with Crippen LogP contribution >= 0.6 is 15.9 Å². The average molecular weight is 669 g/mol. The zero-order valence-electron chi connectivity index (χ0n) is 25.2. The van der Waals surface area contributed by atoms with Crippen LogP contribution in [-0.2, 0) is 32.6 Å². The molecule has 3 aromatic carbocycles. The maximum Gasteiger partial charge on any atom is 0.244 e. The number of benzene rings is 3. The van der Waals surface area contributed by atoms with Crippen LogP contribution in [-0.4, -0.2) is 50.0 Å². The molecule has 9 heteroatoms. The van der Waals surface area contributed by atoms with Gasteiger partial charge in [-0.1, -0.05) is 104 Å². The number of carbonyl (C=O) groups excluding carboxylic acids is 2. The lowest BCUT2D eigenvalue weighted by atomic mass is 9.94. The van der Waals surface area contributed by atoms with Crippen molar-refractivity contribution in [1.82, 2.24) is 10.2 Å². The van der Waals surface area contributed by atoms with Crippen LogP contribution in [0.25, 0.3) is 0 Å². The van der Waals surface area contributed by atoms with Crippen LogP contribution in [0.15, 0.2) is 83.3 Å². The van der Waals surface area contributed by atoms with E-state index >= 15 is 0 Å². The van der Waals surface area contributed by atoms with Crippen molar-refractivity contribution in [2.45, 2.75) is 76.9 Å². The fourth-order valence-corrected chi connectivity index (χ4v) is 6.64. The molecule has 1 unspecified atom stereocenters. The minimum atomic E-state index is -3.81. The van der Waals surface area contributed by atoms with Crippen molar-refractivity contribution in [3.05, 3.63) is 100 Å². The molecular weight excluding hydrogens is 626 g/mol. The van der Waals surface area contributed by atoms with E-state index in [4.69, 9.17) is 0 Å². The molecule has 1 aliphatic carbocycles. The Kier molecular flexibility index (Phi) is 11.4. The van der Waals surface area contributed by atoms with Crippen molar-refractivity contribution in [3.8, 4) is 0 Å². The predicted molar refractivity (Wildman–Crippen MR) is 176 cm³/mol. The number of rotatable bonds is 12. The maximum atomic E-state index is 14.3. The normalized spacial score (nSPS) is 14.7. The topological polar surface area (TPSA) is 86.8 Å². The summed E-state index contributed by atoms with van der Waals surface area (Å²) in [5, 5.41) is 3.23. The molecule has 0 radical (unpaired) electrons. The van der Waals surface area contributed by atoms with Gasteiger partial charge in [0.1, 0.15) is 12.6 Å². The van der Waals surface area contributed by atoms with Gasteiger partial charge in [-0.25, -0.2) is 8.42 Å². The molecular formula is C34H42BrN3O4S. The second-order valence-corrected chi connectivity index (χ2v) is 14.5. The third-order valence-corrected chi connectivity index (χ3v) is 9.69. The standard InChI is InChI=1S/C34H42BrN3O4S/c1-25(2)28-16-20-31(21-17-28)38(43(3,41)42)24-33(39)37(23-27-14-18-29(35)19-15-27)32(22-26-10-6-4-7-11-26)34(40)36-30-12-8-5-9-13-30/h4,6-7,10-11,14-21,25,30,32H,5,8-9,12-13,22-24H2,1-3H3,(H,36,40). The first-order chi connectivity index (χ1) is 20.5. The van der Waals surface area contributed by atoms with Gasteiger partial charge < -0.3 is 10.2 Å². The summed E-state index contributed by atoms with van der Waals surface area (Å²) in [4.78, 5) is 29.8. The Bertz CT molecular complexity index is 1460. The first-order valence-corrected chi connectivity index (χ1v) is 17.6. The van der Waals surface area contributed by atoms with Crippen LogP contribution in [0.3, 0.4) is 0 Å². The molecule has 43 heavy (non-hydrogen) atoms. The number of hydrogen-bond acceptors (Lipinski definition) is 4. The van der Waals surface area contributed by atoms with Gasteiger partial charge >= 0.3 is 0 Å². The number of nitrogens with one attached hydrogen (secondary N) is 1. The zero-order valence-corrected chi connectivity index (χ0v) is 27.6. The Morgan fingerprint density at radius 1 is 0.884 bits per heavy atom. The number of halogens is 1. The number of amides is 2. The summed E-state index contributed by atoms with van der Waals surface area (Å²) in [7, 11) is -3.81. The number of nitrogens with zero attached hydrogens (tertiary/aromatic N) is 2. The summed E-state index contributed by atoms with van der Waals surface area (Å²) in [5.41, 5.74) is 3.24. The Morgan fingerprint density at radius 3 is 2.09 bits per heavy atom. The third kappa shape index (κ3) is 9.41. The van der Waals surface area contributed by atoms with Gasteiger partial charge in [0.2, 0.25) is 21.8 Å². The van der Waals surface area contributed by atoms with Crippen molar-refractivity contribution >= 4 is 43.5 Å². The van der Waals surface area contributed by atoms with Gasteiger partial charge in [-0.15, -0.1) is 0 Å². The van der Waals surface area contributed by atoms with Gasteiger partial charge in [0.25, 0.3) is 0 Å². The Morgan fingerprint density at radius 2 is 1.51 bits per heavy atom. The highest BCUT2D eigenvalue weighted by Crippen LogP contribution is 2.24. The van der Waals surface area contributed by atoms with Gasteiger partial charge in [-0.05, 0) is 59.7 Å². The lowest BCUT2D eigenvalue weighted by molar-refractivity contribution is -0.140. The number of sulfonamides is 1. The molecule has 0 heterocycles.